The minimum absolute atomic E-state index is 0.167. The van der Waals surface area contributed by atoms with Crippen LogP contribution in [0.5, 0.6) is 0 Å². The highest BCUT2D eigenvalue weighted by Crippen LogP contribution is 2.43. The van der Waals surface area contributed by atoms with Crippen molar-refractivity contribution in [3.8, 4) is 0 Å². The van der Waals surface area contributed by atoms with E-state index in [0.717, 1.165) is 24.1 Å². The maximum atomic E-state index is 10.9. The first-order valence-corrected chi connectivity index (χ1v) is 7.26. The predicted molar refractivity (Wildman–Crippen MR) is 78.9 cm³/mol. The number of anilines is 1. The van der Waals surface area contributed by atoms with Crippen molar-refractivity contribution in [1.29, 1.82) is 0 Å². The summed E-state index contributed by atoms with van der Waals surface area (Å²) in [6, 6.07) is 6.45. The average Bonchev–Trinajstić information content (AvgIpc) is 2.57. The van der Waals surface area contributed by atoms with Gasteiger partial charge in [-0.2, -0.15) is 0 Å². The zero-order valence-corrected chi connectivity index (χ0v) is 12.0. The van der Waals surface area contributed by atoms with E-state index in [1.807, 2.05) is 13.0 Å². The molecule has 2 N–H and O–H groups in total. The van der Waals surface area contributed by atoms with E-state index in [-0.39, 0.29) is 10.6 Å². The van der Waals surface area contributed by atoms with Gasteiger partial charge in [0.1, 0.15) is 0 Å². The summed E-state index contributed by atoms with van der Waals surface area (Å²) in [5.41, 5.74) is 8.44. The van der Waals surface area contributed by atoms with Crippen LogP contribution in [0.3, 0.4) is 0 Å². The molecule has 5 nitrogen and oxygen atoms in total. The van der Waals surface area contributed by atoms with Crippen LogP contribution in [0.2, 0.25) is 0 Å². The molecule has 0 aliphatic carbocycles. The van der Waals surface area contributed by atoms with E-state index in [1.54, 1.807) is 12.1 Å². The Morgan fingerprint density at radius 3 is 2.70 bits per heavy atom. The van der Waals surface area contributed by atoms with E-state index in [0.29, 0.717) is 24.0 Å². The molecule has 0 aromatic heterocycles. The molecule has 5 heteroatoms. The van der Waals surface area contributed by atoms with Gasteiger partial charge in [-0.25, -0.2) is 0 Å². The molecule has 2 aliphatic rings. The van der Waals surface area contributed by atoms with Crippen molar-refractivity contribution in [1.82, 2.24) is 0 Å². The first-order valence-electron chi connectivity index (χ1n) is 7.26. The van der Waals surface area contributed by atoms with Gasteiger partial charge in [0.15, 0.2) is 0 Å². The van der Waals surface area contributed by atoms with E-state index >= 15 is 0 Å². The Labute approximate surface area is 118 Å². The number of nitrogens with zero attached hydrogens (tertiary/aromatic N) is 2. The van der Waals surface area contributed by atoms with Gasteiger partial charge in [0.2, 0.25) is 0 Å². The third-order valence-corrected chi connectivity index (χ3v) is 4.84. The lowest BCUT2D eigenvalue weighted by Gasteiger charge is -2.40. The number of piperidine rings is 1. The van der Waals surface area contributed by atoms with Gasteiger partial charge < -0.3 is 10.6 Å². The Hall–Kier alpha value is -1.62. The molecule has 1 aromatic carbocycles. The van der Waals surface area contributed by atoms with Crippen LogP contribution in [0.15, 0.2) is 18.2 Å². The van der Waals surface area contributed by atoms with E-state index in [2.05, 4.69) is 11.8 Å². The van der Waals surface area contributed by atoms with Crippen molar-refractivity contribution in [3.63, 3.8) is 0 Å². The number of hydrogen-bond acceptors (Lipinski definition) is 4. The normalized spacial score (nSPS) is 32.5. The fourth-order valence-corrected chi connectivity index (χ4v) is 3.97. The van der Waals surface area contributed by atoms with Crippen LogP contribution in [0.25, 0.3) is 0 Å². The molecule has 2 aliphatic heterocycles. The smallest absolute Gasteiger partial charge is 0.269 e. The third-order valence-electron chi connectivity index (χ3n) is 4.84. The SMILES string of the molecule is Cc1cc([N+](=O)[O-])ccc1N1C2CC(N)CC1C(C)C2. The Bertz CT molecular complexity index is 544. The van der Waals surface area contributed by atoms with Gasteiger partial charge in [0.25, 0.3) is 5.69 Å². The largest absolute Gasteiger partial charge is 0.365 e. The molecule has 2 saturated heterocycles. The lowest BCUT2D eigenvalue weighted by Crippen LogP contribution is -2.48. The fourth-order valence-electron chi connectivity index (χ4n) is 3.97. The van der Waals surface area contributed by atoms with Gasteiger partial charge in [0.05, 0.1) is 4.92 Å². The van der Waals surface area contributed by atoms with Gasteiger partial charge >= 0.3 is 0 Å². The number of benzene rings is 1. The number of nitrogens with two attached hydrogens (primary N) is 1. The molecule has 4 unspecified atom stereocenters. The second-order valence-corrected chi connectivity index (χ2v) is 6.30. The Balaban J connectivity index is 1.95. The highest BCUT2D eigenvalue weighted by Gasteiger charge is 2.44. The molecule has 4 atom stereocenters. The molecule has 2 bridgehead atoms. The Morgan fingerprint density at radius 1 is 1.35 bits per heavy atom. The van der Waals surface area contributed by atoms with Crippen molar-refractivity contribution < 1.29 is 4.92 Å². The van der Waals surface area contributed by atoms with Gasteiger partial charge in [-0.3, -0.25) is 10.1 Å². The quantitative estimate of drug-likeness (QED) is 0.665. The van der Waals surface area contributed by atoms with Gasteiger partial charge in [-0.1, -0.05) is 6.92 Å². The van der Waals surface area contributed by atoms with Crippen LogP contribution >= 0.6 is 0 Å². The summed E-state index contributed by atoms with van der Waals surface area (Å²) < 4.78 is 0. The second-order valence-electron chi connectivity index (χ2n) is 6.30. The molecular weight excluding hydrogens is 254 g/mol. The highest BCUT2D eigenvalue weighted by atomic mass is 16.6. The van der Waals surface area contributed by atoms with Gasteiger partial charge in [-0.15, -0.1) is 0 Å². The minimum Gasteiger partial charge on any atom is -0.365 e. The lowest BCUT2D eigenvalue weighted by atomic mass is 9.94. The van der Waals surface area contributed by atoms with E-state index in [9.17, 15) is 10.1 Å². The van der Waals surface area contributed by atoms with Crippen LogP contribution in [-0.2, 0) is 0 Å². The minimum atomic E-state index is -0.333. The molecule has 20 heavy (non-hydrogen) atoms. The molecular formula is C15H21N3O2. The molecule has 0 amide bonds. The maximum Gasteiger partial charge on any atom is 0.269 e. The van der Waals surface area contributed by atoms with E-state index < -0.39 is 0 Å². The molecule has 0 spiro atoms. The Kier molecular flexibility index (Phi) is 3.17. The number of non-ortho nitro benzene ring substituents is 1. The van der Waals surface area contributed by atoms with Crippen molar-refractivity contribution in [2.45, 2.75) is 51.2 Å². The van der Waals surface area contributed by atoms with Crippen LogP contribution in [-0.4, -0.2) is 23.0 Å². The number of aryl methyl sites for hydroxylation is 1. The predicted octanol–water partition coefficient (Wildman–Crippen LogP) is 2.61. The third kappa shape index (κ3) is 2.06. The average molecular weight is 275 g/mol. The first kappa shape index (κ1) is 13.4. The molecule has 2 heterocycles. The highest BCUT2D eigenvalue weighted by molar-refractivity contribution is 5.60. The molecule has 1 aromatic rings. The van der Waals surface area contributed by atoms with Gasteiger partial charge in [0, 0.05) is 35.9 Å². The number of rotatable bonds is 2. The summed E-state index contributed by atoms with van der Waals surface area (Å²) in [5, 5.41) is 10.9. The maximum absolute atomic E-state index is 10.9. The number of nitro benzene ring substituents is 1. The van der Waals surface area contributed by atoms with Crippen LogP contribution < -0.4 is 10.6 Å². The number of nitro groups is 1. The summed E-state index contributed by atoms with van der Waals surface area (Å²) >= 11 is 0. The van der Waals surface area contributed by atoms with Crippen molar-refractivity contribution in [2.24, 2.45) is 11.7 Å². The zero-order valence-electron chi connectivity index (χ0n) is 12.0. The van der Waals surface area contributed by atoms with Crippen molar-refractivity contribution in [2.75, 3.05) is 4.90 Å². The van der Waals surface area contributed by atoms with Crippen molar-refractivity contribution >= 4 is 11.4 Å². The fraction of sp³-hybridized carbons (Fsp3) is 0.600. The zero-order chi connectivity index (χ0) is 14.4. The Morgan fingerprint density at radius 2 is 2.10 bits per heavy atom. The van der Waals surface area contributed by atoms with Crippen LogP contribution in [0, 0.1) is 23.0 Å². The topological polar surface area (TPSA) is 72.4 Å². The molecule has 0 radical (unpaired) electrons. The molecule has 0 saturated carbocycles. The number of fused-ring (bicyclic) bond motifs is 2. The van der Waals surface area contributed by atoms with Crippen LogP contribution in [0.4, 0.5) is 11.4 Å². The summed E-state index contributed by atoms with van der Waals surface area (Å²) in [7, 11) is 0. The molecule has 3 rings (SSSR count). The summed E-state index contributed by atoms with van der Waals surface area (Å²) in [6.07, 6.45) is 3.22. The summed E-state index contributed by atoms with van der Waals surface area (Å²) in [6.45, 7) is 4.25. The van der Waals surface area contributed by atoms with E-state index in [4.69, 9.17) is 5.73 Å². The van der Waals surface area contributed by atoms with Crippen LogP contribution in [0.1, 0.15) is 31.7 Å². The second kappa shape index (κ2) is 4.74. The molecule has 2 fully saturated rings. The first-order chi connectivity index (χ1) is 9.47. The summed E-state index contributed by atoms with van der Waals surface area (Å²) in [5.74, 6) is 0.642. The van der Waals surface area contributed by atoms with E-state index in [1.165, 1.54) is 6.42 Å². The number of hydrogen-bond donors (Lipinski definition) is 1. The summed E-state index contributed by atoms with van der Waals surface area (Å²) in [4.78, 5) is 13.0. The van der Waals surface area contributed by atoms with Crippen molar-refractivity contribution in [3.05, 3.63) is 33.9 Å². The molecule has 108 valence electrons. The lowest BCUT2D eigenvalue weighted by molar-refractivity contribution is -0.384. The van der Waals surface area contributed by atoms with Gasteiger partial charge in [-0.05, 0) is 43.7 Å². The standard InChI is InChI=1S/C15H21N3O2/c1-9-5-12(18(19)20)3-4-14(9)17-13-6-10(2)15(17)8-11(16)7-13/h3-5,10-11,13,15H,6-8,16H2,1-2H3. The monoisotopic (exact) mass is 275 g/mol.